The van der Waals surface area contributed by atoms with Crippen molar-refractivity contribution in [2.75, 3.05) is 0 Å². The molecule has 0 saturated carbocycles. The van der Waals surface area contributed by atoms with Crippen LogP contribution in [0, 0.1) is 0 Å². The molecule has 40 valence electrons. The molecule has 0 aliphatic carbocycles. The minimum Gasteiger partial charge on any atom is -1.00 e. The fraction of sp³-hybridized carbons (Fsp3) is 0. The van der Waals surface area contributed by atoms with E-state index in [0.29, 0.717) is 0 Å². The van der Waals surface area contributed by atoms with Gasteiger partial charge >= 0.3 is 118 Å². The first kappa shape index (κ1) is 36.9. The first-order chi connectivity index (χ1) is 2.00. The van der Waals surface area contributed by atoms with Crippen molar-refractivity contribution in [1.29, 1.82) is 0 Å². The van der Waals surface area contributed by atoms with Gasteiger partial charge in [0.15, 0.2) is 0 Å². The van der Waals surface area contributed by atoms with Gasteiger partial charge in [0.2, 0.25) is 0 Å². The molecule has 0 unspecified atom stereocenters. The van der Waals surface area contributed by atoms with Crippen LogP contribution in [0.5, 0.6) is 0 Å². The second-order valence-electron chi connectivity index (χ2n) is 0.447. The maximum Gasteiger partial charge on any atom is 1.00 e. The molecule has 0 atom stereocenters. The molecule has 0 rings (SSSR count). The average molecular weight is 206 g/mol. The van der Waals surface area contributed by atoms with Gasteiger partial charge < -0.3 is 23.9 Å². The molecule has 0 fully saturated rings. The zero-order valence-electron chi connectivity index (χ0n) is 6.46. The van der Waals surface area contributed by atoms with Crippen molar-refractivity contribution < 1.29 is 142 Å². The van der Waals surface area contributed by atoms with Gasteiger partial charge in [0, 0.05) is 0 Å². The third-order valence-corrected chi connectivity index (χ3v) is 0. The number of hydrogen-bond donors (Lipinski definition) is 0. The van der Waals surface area contributed by atoms with E-state index >= 15 is 0 Å². The van der Waals surface area contributed by atoms with E-state index in [9.17, 15) is 0 Å². The van der Waals surface area contributed by atoms with Crippen LogP contribution in [0.4, 0.5) is 0 Å². The number of phosphoric acid groups is 1. The van der Waals surface area contributed by atoms with Gasteiger partial charge in [-0.3, -0.25) is 0 Å². The minimum absolute atomic E-state index is 0. The van der Waals surface area contributed by atoms with Gasteiger partial charge in [-0.1, -0.05) is 0 Å². The van der Waals surface area contributed by atoms with Crippen molar-refractivity contribution in [2.45, 2.75) is 0 Å². The predicted molar refractivity (Wildman–Crippen MR) is 7.61 cm³/mol. The summed E-state index contributed by atoms with van der Waals surface area (Å²) in [6.45, 7) is 0. The molecule has 0 radical (unpaired) electrons. The van der Waals surface area contributed by atoms with Crippen molar-refractivity contribution in [3.63, 3.8) is 0 Å². The molecule has 0 aromatic carbocycles. The van der Waals surface area contributed by atoms with Gasteiger partial charge in [-0.15, -0.1) is 0 Å². The molecule has 0 amide bonds. The molecular formula is FNa4O4P. The largest absolute Gasteiger partial charge is 1.00 e. The smallest absolute Gasteiger partial charge is 1.00 e. The Kier molecular flexibility index (Phi) is 69.3. The van der Waals surface area contributed by atoms with E-state index in [1.54, 1.807) is 0 Å². The van der Waals surface area contributed by atoms with Crippen molar-refractivity contribution in [2.24, 2.45) is 0 Å². The van der Waals surface area contributed by atoms with Gasteiger partial charge in [-0.05, 0) is 0 Å². The van der Waals surface area contributed by atoms with E-state index in [1.807, 2.05) is 0 Å². The minimum atomic E-state index is -5.39. The zero-order chi connectivity index (χ0) is 4.50. The maximum absolute atomic E-state index is 8.55. The second kappa shape index (κ2) is 18.8. The van der Waals surface area contributed by atoms with Crippen LogP contribution in [0.3, 0.4) is 0 Å². The van der Waals surface area contributed by atoms with Crippen LogP contribution in [0.25, 0.3) is 0 Å². The molecule has 0 heterocycles. The molecule has 0 bridgehead atoms. The Balaban J connectivity index is -0.00000000800. The first-order valence-electron chi connectivity index (χ1n) is 0.730. The Labute approximate surface area is 147 Å². The molecule has 10 heavy (non-hydrogen) atoms. The van der Waals surface area contributed by atoms with Crippen LogP contribution < -0.4 is 138 Å². The molecule has 0 saturated heterocycles. The third-order valence-electron chi connectivity index (χ3n) is 0. The predicted octanol–water partition coefficient (Wildman–Crippen LogP) is -17.8. The van der Waals surface area contributed by atoms with Crippen molar-refractivity contribution in [3.05, 3.63) is 0 Å². The Hall–Kier alpha value is 4.04. The summed E-state index contributed by atoms with van der Waals surface area (Å²) in [5.74, 6) is 0. The Bertz CT molecular complexity index is 63.4. The Morgan fingerprint density at radius 3 is 0.800 bits per heavy atom. The maximum atomic E-state index is 8.55. The van der Waals surface area contributed by atoms with Crippen LogP contribution in [0.1, 0.15) is 0 Å². The van der Waals surface area contributed by atoms with E-state index in [-0.39, 0.29) is 123 Å². The van der Waals surface area contributed by atoms with E-state index in [4.69, 9.17) is 19.2 Å². The fourth-order valence-corrected chi connectivity index (χ4v) is 0. The first-order valence-corrected chi connectivity index (χ1v) is 2.19. The summed E-state index contributed by atoms with van der Waals surface area (Å²) >= 11 is 0. The van der Waals surface area contributed by atoms with Gasteiger partial charge in [0.05, 0.1) is 0 Å². The van der Waals surface area contributed by atoms with Gasteiger partial charge in [-0.25, -0.2) is 0 Å². The number of rotatable bonds is 0. The summed E-state index contributed by atoms with van der Waals surface area (Å²) in [5, 5.41) is 0. The summed E-state index contributed by atoms with van der Waals surface area (Å²) in [6, 6.07) is 0. The van der Waals surface area contributed by atoms with Crippen LogP contribution >= 0.6 is 7.82 Å². The molecule has 10 heteroatoms. The molecule has 0 N–H and O–H groups in total. The monoisotopic (exact) mass is 206 g/mol. The summed E-state index contributed by atoms with van der Waals surface area (Å²) in [6.07, 6.45) is 0. The topological polar surface area (TPSA) is 86.2 Å². The molecule has 0 aliphatic heterocycles. The molecule has 0 aromatic rings. The molecule has 0 aliphatic rings. The van der Waals surface area contributed by atoms with Crippen molar-refractivity contribution >= 4 is 7.82 Å². The molecular weight excluding hydrogens is 206 g/mol. The normalized spacial score (nSPS) is 5.90. The summed E-state index contributed by atoms with van der Waals surface area (Å²) in [7, 11) is -5.39. The van der Waals surface area contributed by atoms with E-state index < -0.39 is 7.82 Å². The average Bonchev–Trinajstić information content (AvgIpc) is 0.722. The van der Waals surface area contributed by atoms with Crippen LogP contribution in [-0.4, -0.2) is 0 Å². The van der Waals surface area contributed by atoms with Gasteiger partial charge in [-0.2, -0.15) is 7.82 Å². The van der Waals surface area contributed by atoms with Crippen molar-refractivity contribution in [1.82, 2.24) is 0 Å². The van der Waals surface area contributed by atoms with Gasteiger partial charge in [0.25, 0.3) is 0 Å². The van der Waals surface area contributed by atoms with Crippen LogP contribution in [-0.2, 0) is 4.57 Å². The van der Waals surface area contributed by atoms with E-state index in [2.05, 4.69) is 0 Å². The fourth-order valence-electron chi connectivity index (χ4n) is 0. The van der Waals surface area contributed by atoms with Crippen LogP contribution in [0.15, 0.2) is 0 Å². The van der Waals surface area contributed by atoms with Crippen LogP contribution in [0.2, 0.25) is 0 Å². The SMILES string of the molecule is O=P([O-])([O-])[O-].[F-].[Na+].[Na+].[Na+].[Na+]. The summed E-state index contributed by atoms with van der Waals surface area (Å²) in [5.41, 5.74) is 0. The zero-order valence-corrected chi connectivity index (χ0v) is 15.4. The van der Waals surface area contributed by atoms with Gasteiger partial charge in [0.1, 0.15) is 0 Å². The van der Waals surface area contributed by atoms with E-state index in [0.717, 1.165) is 0 Å². The van der Waals surface area contributed by atoms with E-state index in [1.165, 1.54) is 0 Å². The quantitative estimate of drug-likeness (QED) is 0.291. The Morgan fingerprint density at radius 1 is 0.800 bits per heavy atom. The molecule has 0 spiro atoms. The summed E-state index contributed by atoms with van der Waals surface area (Å²) < 4.78 is 8.55. The third kappa shape index (κ3) is 89.9. The Morgan fingerprint density at radius 2 is 0.800 bits per heavy atom. The summed E-state index contributed by atoms with van der Waals surface area (Å²) in [4.78, 5) is 25.6. The number of halogens is 1. The number of hydrogen-bond acceptors (Lipinski definition) is 4. The standard InChI is InChI=1S/FH.4Na.H3O4P/c;;;;;1-5(2,3)4/h1H;;;;;(H3,1,2,3,4)/q;4*+1;/p-4. The molecule has 4 nitrogen and oxygen atoms in total. The molecule has 0 aromatic heterocycles. The second-order valence-corrected chi connectivity index (χ2v) is 1.34. The van der Waals surface area contributed by atoms with Crippen molar-refractivity contribution in [3.8, 4) is 0 Å².